The topological polar surface area (TPSA) is 136 Å². The number of sulfonamides is 1. The summed E-state index contributed by atoms with van der Waals surface area (Å²) in [5, 5.41) is -0.794. The number of anilines is 1. The Morgan fingerprint density at radius 1 is 1.07 bits per heavy atom. The Kier molecular flexibility index (Phi) is 7.61. The molecule has 1 aromatic carbocycles. The number of hydrogen-bond donors (Lipinski definition) is 1. The number of carbonyl (C=O) groups is 1. The molecule has 1 atom stereocenters. The summed E-state index contributed by atoms with van der Waals surface area (Å²) >= 11 is 0. The van der Waals surface area contributed by atoms with Crippen molar-refractivity contribution in [1.82, 2.24) is 14.3 Å². The van der Waals surface area contributed by atoms with Gasteiger partial charge in [-0.25, -0.2) is 26.6 Å². The Bertz CT molecular complexity index is 1650. The summed E-state index contributed by atoms with van der Waals surface area (Å²) in [7, 11) is -6.17. The number of methoxy groups -OCH3 is 1. The van der Waals surface area contributed by atoms with E-state index >= 15 is 0 Å². The number of amides is 1. The largest absolute Gasteiger partial charge is 0.495 e. The van der Waals surface area contributed by atoms with Gasteiger partial charge >= 0.3 is 6.09 Å². The molecule has 1 aliphatic rings. The van der Waals surface area contributed by atoms with E-state index in [1.807, 2.05) is 0 Å². The molecular formula is C27H36N4O7S2. The van der Waals surface area contributed by atoms with E-state index in [4.69, 9.17) is 9.47 Å². The summed E-state index contributed by atoms with van der Waals surface area (Å²) in [5.74, 6) is 0.193. The van der Waals surface area contributed by atoms with Crippen LogP contribution < -0.4 is 9.46 Å². The van der Waals surface area contributed by atoms with Gasteiger partial charge in [-0.2, -0.15) is 0 Å². The molecule has 3 aromatic rings. The normalized spacial score (nSPS) is 16.8. The zero-order valence-corrected chi connectivity index (χ0v) is 25.4. The number of pyridine rings is 1. The van der Waals surface area contributed by atoms with Crippen molar-refractivity contribution in [2.75, 3.05) is 24.9 Å². The smallest absolute Gasteiger partial charge is 0.410 e. The quantitative estimate of drug-likeness (QED) is 0.447. The summed E-state index contributed by atoms with van der Waals surface area (Å²) in [6.45, 7) is 10.4. The van der Waals surface area contributed by atoms with Crippen LogP contribution in [0.2, 0.25) is 0 Å². The first-order valence-corrected chi connectivity index (χ1v) is 15.9. The first-order valence-electron chi connectivity index (χ1n) is 12.8. The monoisotopic (exact) mass is 592 g/mol. The van der Waals surface area contributed by atoms with Gasteiger partial charge in [-0.05, 0) is 60.1 Å². The average Bonchev–Trinajstić information content (AvgIpc) is 3.49. The maximum Gasteiger partial charge on any atom is 0.410 e. The summed E-state index contributed by atoms with van der Waals surface area (Å²) in [6, 6.07) is 8.33. The lowest BCUT2D eigenvalue weighted by Gasteiger charge is -2.24. The van der Waals surface area contributed by atoms with Crippen molar-refractivity contribution in [3.63, 3.8) is 0 Å². The molecule has 40 heavy (non-hydrogen) atoms. The highest BCUT2D eigenvalue weighted by Crippen LogP contribution is 2.35. The summed E-state index contributed by atoms with van der Waals surface area (Å²) < 4.78 is 67.0. The lowest BCUT2D eigenvalue weighted by atomic mass is 10.1. The fraction of sp³-hybridized carbons (Fsp3) is 0.481. The number of ether oxygens (including phenoxy) is 2. The Hall–Kier alpha value is -3.32. The second-order valence-corrected chi connectivity index (χ2v) is 16.4. The zero-order chi connectivity index (χ0) is 29.7. The van der Waals surface area contributed by atoms with Crippen molar-refractivity contribution in [3.8, 4) is 17.0 Å². The number of fused-ring (bicyclic) bond motifs is 1. The van der Waals surface area contributed by atoms with Crippen LogP contribution in [0.4, 0.5) is 10.5 Å². The molecule has 1 N–H and O–H groups in total. The fourth-order valence-electron chi connectivity index (χ4n) is 4.36. The van der Waals surface area contributed by atoms with Crippen LogP contribution >= 0.6 is 0 Å². The van der Waals surface area contributed by atoms with Crippen LogP contribution in [0.3, 0.4) is 0 Å². The predicted octanol–water partition coefficient (Wildman–Crippen LogP) is 4.33. The molecule has 2 aromatic heterocycles. The van der Waals surface area contributed by atoms with Crippen LogP contribution in [0, 0.1) is 0 Å². The number of nitrogens with zero attached hydrogens (tertiary/aromatic N) is 3. The molecule has 0 aliphatic carbocycles. The number of carbonyl (C=O) groups excluding carboxylic acids is 1. The second kappa shape index (κ2) is 10.3. The van der Waals surface area contributed by atoms with Gasteiger partial charge < -0.3 is 14.4 Å². The summed E-state index contributed by atoms with van der Waals surface area (Å²) in [6.07, 6.45) is 2.82. The van der Waals surface area contributed by atoms with Crippen molar-refractivity contribution in [3.05, 3.63) is 42.7 Å². The van der Waals surface area contributed by atoms with Crippen LogP contribution in [0.1, 0.15) is 48.0 Å². The predicted molar refractivity (Wildman–Crippen MR) is 153 cm³/mol. The van der Waals surface area contributed by atoms with Crippen LogP contribution in [-0.2, 0) is 24.6 Å². The minimum atomic E-state index is -3.82. The number of likely N-dealkylation sites (tertiary alicyclic amines) is 1. The van der Waals surface area contributed by atoms with Gasteiger partial charge in [-0.15, -0.1) is 0 Å². The van der Waals surface area contributed by atoms with E-state index in [0.29, 0.717) is 22.6 Å². The number of nitrogens with one attached hydrogen (secondary N) is 1. The Morgan fingerprint density at radius 2 is 1.77 bits per heavy atom. The first-order chi connectivity index (χ1) is 18.4. The third-order valence-electron chi connectivity index (χ3n) is 6.54. The molecule has 0 spiro atoms. The molecule has 1 fully saturated rings. The molecule has 0 radical (unpaired) electrons. The van der Waals surface area contributed by atoms with E-state index in [9.17, 15) is 21.6 Å². The van der Waals surface area contributed by atoms with Crippen molar-refractivity contribution in [1.29, 1.82) is 0 Å². The van der Waals surface area contributed by atoms with Gasteiger partial charge in [0.05, 0.1) is 29.0 Å². The molecule has 3 heterocycles. The third kappa shape index (κ3) is 5.90. The van der Waals surface area contributed by atoms with Crippen molar-refractivity contribution >= 4 is 37.3 Å². The van der Waals surface area contributed by atoms with Crippen molar-refractivity contribution in [2.45, 2.75) is 68.5 Å². The first kappa shape index (κ1) is 29.7. The van der Waals surface area contributed by atoms with Crippen LogP contribution in [0.25, 0.3) is 16.9 Å². The van der Waals surface area contributed by atoms with E-state index in [2.05, 4.69) is 9.71 Å². The maximum atomic E-state index is 13.3. The van der Waals surface area contributed by atoms with Gasteiger partial charge in [0.1, 0.15) is 21.9 Å². The van der Waals surface area contributed by atoms with Gasteiger partial charge in [-0.1, -0.05) is 12.1 Å². The molecule has 4 rings (SSSR count). The highest BCUT2D eigenvalue weighted by Gasteiger charge is 2.37. The molecule has 1 aliphatic heterocycles. The standard InChI is InChI=1S/C27H36N4O7S2/c1-26(2,3)38-25(32)30-12-11-20(16-30)40(35,36)29-19-10-8-9-18(13-19)21-15-28-24-14-22(37-7)23(17-31(21)24)39(33,34)27(4,5)6/h8-10,13-15,17,20,29H,11-12,16H2,1-7H3. The Morgan fingerprint density at radius 3 is 2.40 bits per heavy atom. The molecule has 0 saturated carbocycles. The van der Waals surface area contributed by atoms with Crippen LogP contribution in [0.5, 0.6) is 5.75 Å². The third-order valence-corrected chi connectivity index (χ3v) is 10.8. The highest BCUT2D eigenvalue weighted by molar-refractivity contribution is 7.93. The lowest BCUT2D eigenvalue weighted by Crippen LogP contribution is -2.37. The van der Waals surface area contributed by atoms with E-state index in [0.717, 1.165) is 0 Å². The van der Waals surface area contributed by atoms with Crippen molar-refractivity contribution < 1.29 is 31.1 Å². The molecule has 1 amide bonds. The fourth-order valence-corrected chi connectivity index (χ4v) is 7.08. The molecular weight excluding hydrogens is 556 g/mol. The van der Waals surface area contributed by atoms with Crippen LogP contribution in [0.15, 0.2) is 47.6 Å². The second-order valence-electron chi connectivity index (χ2n) is 11.8. The molecule has 1 saturated heterocycles. The van der Waals surface area contributed by atoms with Gasteiger partial charge in [-0.3, -0.25) is 9.12 Å². The molecule has 13 heteroatoms. The number of hydrogen-bond acceptors (Lipinski definition) is 8. The number of imidazole rings is 1. The molecule has 0 bridgehead atoms. The van der Waals surface area contributed by atoms with E-state index in [1.165, 1.54) is 18.2 Å². The van der Waals surface area contributed by atoms with Crippen molar-refractivity contribution in [2.24, 2.45) is 0 Å². The number of benzene rings is 1. The molecule has 218 valence electrons. The van der Waals surface area contributed by atoms with E-state index in [-0.39, 0.29) is 30.2 Å². The Balaban J connectivity index is 1.62. The van der Waals surface area contributed by atoms with E-state index in [1.54, 1.807) is 82.5 Å². The number of rotatable bonds is 6. The molecule has 1 unspecified atom stereocenters. The van der Waals surface area contributed by atoms with Gasteiger partial charge in [0.2, 0.25) is 10.0 Å². The molecule has 11 nitrogen and oxygen atoms in total. The Labute approximate surface area is 235 Å². The summed E-state index contributed by atoms with van der Waals surface area (Å²) in [4.78, 5) is 18.2. The average molecular weight is 593 g/mol. The van der Waals surface area contributed by atoms with Gasteiger partial charge in [0.15, 0.2) is 9.84 Å². The maximum absolute atomic E-state index is 13.3. The van der Waals surface area contributed by atoms with E-state index < -0.39 is 41.6 Å². The SMILES string of the molecule is COc1cc2ncc(-c3cccc(NS(=O)(=O)C4CCN(C(=O)OC(C)(C)C)C4)c3)n2cc1S(=O)(=O)C(C)(C)C. The highest BCUT2D eigenvalue weighted by atomic mass is 32.2. The van der Waals surface area contributed by atoms with Gasteiger partial charge in [0.25, 0.3) is 0 Å². The number of aromatic nitrogens is 2. The van der Waals surface area contributed by atoms with Gasteiger partial charge in [0, 0.05) is 36.6 Å². The number of sulfone groups is 1. The minimum Gasteiger partial charge on any atom is -0.495 e. The van der Waals surface area contributed by atoms with Crippen LogP contribution in [-0.4, -0.2) is 73.0 Å². The zero-order valence-electron chi connectivity index (χ0n) is 23.8. The minimum absolute atomic E-state index is 0.0295. The lowest BCUT2D eigenvalue weighted by molar-refractivity contribution is 0.0295. The summed E-state index contributed by atoms with van der Waals surface area (Å²) in [5.41, 5.74) is 1.32.